The molecule has 3 rings (SSSR count). The maximum absolute atomic E-state index is 12.8. The van der Waals surface area contributed by atoms with Crippen LogP contribution in [0.4, 0.5) is 23.7 Å². The van der Waals surface area contributed by atoms with E-state index in [1.807, 2.05) is 30.3 Å². The smallest absolute Gasteiger partial charge is 0.385 e. The third-order valence-corrected chi connectivity index (χ3v) is 4.63. The van der Waals surface area contributed by atoms with Crippen molar-refractivity contribution in [3.63, 3.8) is 0 Å². The largest absolute Gasteiger partial charge is 0.416 e. The molecule has 1 aliphatic rings. The van der Waals surface area contributed by atoms with Gasteiger partial charge in [0.25, 0.3) is 0 Å². The van der Waals surface area contributed by atoms with Crippen LogP contribution in [0.15, 0.2) is 54.6 Å². The van der Waals surface area contributed by atoms with Crippen molar-refractivity contribution in [1.29, 1.82) is 0 Å². The second kappa shape index (κ2) is 6.99. The standard InChI is InChI=1S/C19H19F3N2O2/c20-19(21,22)15-7-4-8-16(13-15)23-17(25)24-11-9-18(26,10-12-24)14-5-2-1-3-6-14/h1-8,13,26H,9-12H2,(H,23,25). The highest BCUT2D eigenvalue weighted by Crippen LogP contribution is 2.33. The Morgan fingerprint density at radius 2 is 1.69 bits per heavy atom. The van der Waals surface area contributed by atoms with E-state index < -0.39 is 23.4 Å². The van der Waals surface area contributed by atoms with E-state index in [0.717, 1.165) is 17.7 Å². The molecule has 7 heteroatoms. The van der Waals surface area contributed by atoms with E-state index in [4.69, 9.17) is 0 Å². The first-order valence-electron chi connectivity index (χ1n) is 8.29. The third-order valence-electron chi connectivity index (χ3n) is 4.63. The summed E-state index contributed by atoms with van der Waals surface area (Å²) in [7, 11) is 0. The first-order chi connectivity index (χ1) is 12.3. The molecule has 0 spiro atoms. The van der Waals surface area contributed by atoms with E-state index in [9.17, 15) is 23.1 Å². The number of carbonyl (C=O) groups is 1. The Labute approximate surface area is 149 Å². The van der Waals surface area contributed by atoms with E-state index in [1.165, 1.54) is 17.0 Å². The van der Waals surface area contributed by atoms with Crippen molar-refractivity contribution in [3.05, 3.63) is 65.7 Å². The lowest BCUT2D eigenvalue weighted by Gasteiger charge is -2.38. The Hall–Kier alpha value is -2.54. The molecule has 2 aromatic rings. The molecule has 1 aliphatic heterocycles. The number of nitrogens with one attached hydrogen (secondary N) is 1. The van der Waals surface area contributed by atoms with E-state index in [-0.39, 0.29) is 5.69 Å². The average molecular weight is 364 g/mol. The molecule has 1 fully saturated rings. The maximum atomic E-state index is 12.8. The number of anilines is 1. The SMILES string of the molecule is O=C(Nc1cccc(C(F)(F)F)c1)N1CCC(O)(c2ccccc2)CC1. The van der Waals surface area contributed by atoms with Gasteiger partial charge in [0, 0.05) is 18.8 Å². The minimum absolute atomic E-state index is 0.0914. The fourth-order valence-corrected chi connectivity index (χ4v) is 3.09. The number of alkyl halides is 3. The molecule has 4 nitrogen and oxygen atoms in total. The lowest BCUT2D eigenvalue weighted by Crippen LogP contribution is -2.46. The van der Waals surface area contributed by atoms with Crippen LogP contribution in [0.2, 0.25) is 0 Å². The van der Waals surface area contributed by atoms with Crippen molar-refractivity contribution in [2.24, 2.45) is 0 Å². The molecule has 138 valence electrons. The minimum atomic E-state index is -4.46. The Bertz CT molecular complexity index is 770. The highest BCUT2D eigenvalue weighted by molar-refractivity contribution is 5.89. The van der Waals surface area contributed by atoms with Gasteiger partial charge < -0.3 is 15.3 Å². The van der Waals surface area contributed by atoms with Crippen LogP contribution < -0.4 is 5.32 Å². The zero-order valence-corrected chi connectivity index (χ0v) is 14.0. The molecular weight excluding hydrogens is 345 g/mol. The molecule has 0 aliphatic carbocycles. The van der Waals surface area contributed by atoms with Crippen LogP contribution in [0.1, 0.15) is 24.0 Å². The number of piperidine rings is 1. The molecule has 0 atom stereocenters. The van der Waals surface area contributed by atoms with E-state index in [2.05, 4.69) is 5.32 Å². The quantitative estimate of drug-likeness (QED) is 0.838. The highest BCUT2D eigenvalue weighted by atomic mass is 19.4. The molecule has 2 N–H and O–H groups in total. The number of likely N-dealkylation sites (tertiary alicyclic amines) is 1. The lowest BCUT2D eigenvalue weighted by molar-refractivity contribution is -0.137. The van der Waals surface area contributed by atoms with Crippen molar-refractivity contribution >= 4 is 11.7 Å². The molecule has 0 radical (unpaired) electrons. The summed E-state index contributed by atoms with van der Waals surface area (Å²) in [5.41, 5.74) is -0.909. The summed E-state index contributed by atoms with van der Waals surface area (Å²) in [6.45, 7) is 0.631. The average Bonchev–Trinajstić information content (AvgIpc) is 2.62. The van der Waals surface area contributed by atoms with Crippen LogP contribution in [-0.2, 0) is 11.8 Å². The van der Waals surface area contributed by atoms with Gasteiger partial charge >= 0.3 is 12.2 Å². The lowest BCUT2D eigenvalue weighted by atomic mass is 9.84. The topological polar surface area (TPSA) is 52.6 Å². The van der Waals surface area contributed by atoms with Gasteiger partial charge in [-0.1, -0.05) is 36.4 Å². The predicted molar refractivity (Wildman–Crippen MR) is 91.6 cm³/mol. The number of rotatable bonds is 2. The van der Waals surface area contributed by atoms with Gasteiger partial charge in [-0.3, -0.25) is 0 Å². The number of nitrogens with zero attached hydrogens (tertiary/aromatic N) is 1. The molecule has 1 saturated heterocycles. The summed E-state index contributed by atoms with van der Waals surface area (Å²) in [4.78, 5) is 13.8. The minimum Gasteiger partial charge on any atom is -0.385 e. The second-order valence-corrected chi connectivity index (χ2v) is 6.39. The first-order valence-corrected chi connectivity index (χ1v) is 8.29. The fraction of sp³-hybridized carbons (Fsp3) is 0.316. The monoisotopic (exact) mass is 364 g/mol. The zero-order valence-electron chi connectivity index (χ0n) is 14.0. The van der Waals surface area contributed by atoms with Crippen LogP contribution in [-0.4, -0.2) is 29.1 Å². The second-order valence-electron chi connectivity index (χ2n) is 6.39. The molecule has 26 heavy (non-hydrogen) atoms. The Kier molecular flexibility index (Phi) is 4.91. The van der Waals surface area contributed by atoms with Gasteiger partial charge in [0.15, 0.2) is 0 Å². The van der Waals surface area contributed by atoms with Crippen LogP contribution in [0.3, 0.4) is 0 Å². The summed E-state index contributed by atoms with van der Waals surface area (Å²) in [6.07, 6.45) is -3.72. The summed E-state index contributed by atoms with van der Waals surface area (Å²) in [5, 5.41) is 13.3. The Morgan fingerprint density at radius 1 is 1.04 bits per heavy atom. The number of benzene rings is 2. The molecule has 0 bridgehead atoms. The summed E-state index contributed by atoms with van der Waals surface area (Å²) in [5.74, 6) is 0. The van der Waals surface area contributed by atoms with Gasteiger partial charge in [-0.2, -0.15) is 13.2 Å². The van der Waals surface area contributed by atoms with Crippen molar-refractivity contribution in [1.82, 2.24) is 4.90 Å². The van der Waals surface area contributed by atoms with Gasteiger partial charge in [0.05, 0.1) is 11.2 Å². The van der Waals surface area contributed by atoms with Gasteiger partial charge in [-0.05, 0) is 36.6 Å². The molecule has 2 aromatic carbocycles. The van der Waals surface area contributed by atoms with E-state index in [0.29, 0.717) is 25.9 Å². The van der Waals surface area contributed by atoms with Crippen LogP contribution in [0.25, 0.3) is 0 Å². The van der Waals surface area contributed by atoms with Crippen LogP contribution in [0.5, 0.6) is 0 Å². The highest BCUT2D eigenvalue weighted by Gasteiger charge is 2.35. The van der Waals surface area contributed by atoms with Crippen molar-refractivity contribution < 1.29 is 23.1 Å². The number of hydrogen-bond acceptors (Lipinski definition) is 2. The molecule has 0 unspecified atom stereocenters. The summed E-state index contributed by atoms with van der Waals surface area (Å²) >= 11 is 0. The molecule has 1 heterocycles. The molecule has 0 aromatic heterocycles. The van der Waals surface area contributed by atoms with Gasteiger partial charge in [0.2, 0.25) is 0 Å². The van der Waals surface area contributed by atoms with Crippen molar-refractivity contribution in [2.45, 2.75) is 24.6 Å². The number of aliphatic hydroxyl groups is 1. The van der Waals surface area contributed by atoms with Gasteiger partial charge in [-0.15, -0.1) is 0 Å². The fourth-order valence-electron chi connectivity index (χ4n) is 3.09. The Morgan fingerprint density at radius 3 is 2.31 bits per heavy atom. The van der Waals surface area contributed by atoms with E-state index >= 15 is 0 Å². The zero-order chi connectivity index (χ0) is 18.8. The third kappa shape index (κ3) is 3.99. The van der Waals surface area contributed by atoms with Crippen LogP contribution >= 0.6 is 0 Å². The number of hydrogen-bond donors (Lipinski definition) is 2. The summed E-state index contributed by atoms with van der Waals surface area (Å²) in [6, 6.07) is 13.3. The molecule has 0 saturated carbocycles. The first kappa shape index (κ1) is 18.3. The number of carbonyl (C=O) groups excluding carboxylic acids is 1. The van der Waals surface area contributed by atoms with Gasteiger partial charge in [0.1, 0.15) is 0 Å². The molecule has 2 amide bonds. The van der Waals surface area contributed by atoms with Crippen LogP contribution in [0, 0.1) is 0 Å². The predicted octanol–water partition coefficient (Wildman–Crippen LogP) is 4.22. The van der Waals surface area contributed by atoms with E-state index in [1.54, 1.807) is 0 Å². The Balaban J connectivity index is 1.63. The number of halogens is 3. The number of amides is 2. The van der Waals surface area contributed by atoms with Crippen molar-refractivity contribution in [3.8, 4) is 0 Å². The number of urea groups is 1. The van der Waals surface area contributed by atoms with Crippen molar-refractivity contribution in [2.75, 3.05) is 18.4 Å². The van der Waals surface area contributed by atoms with Gasteiger partial charge in [-0.25, -0.2) is 4.79 Å². The summed E-state index contributed by atoms with van der Waals surface area (Å²) < 4.78 is 38.3. The normalized spacial score (nSPS) is 17.0. The molecular formula is C19H19F3N2O2. The maximum Gasteiger partial charge on any atom is 0.416 e.